The van der Waals surface area contributed by atoms with Gasteiger partial charge in [-0.1, -0.05) is 28.4 Å². The van der Waals surface area contributed by atoms with Crippen molar-refractivity contribution in [2.45, 2.75) is 26.3 Å². The fourth-order valence-corrected chi connectivity index (χ4v) is 3.64. The lowest BCUT2D eigenvalue weighted by molar-refractivity contribution is 0.0980. The number of halogens is 2. The molecule has 10 heteroatoms. The Hall–Kier alpha value is -3.10. The number of nitrogens with zero attached hydrogens (tertiary/aromatic N) is 3. The van der Waals surface area contributed by atoms with E-state index in [0.717, 1.165) is 11.0 Å². The molecule has 2 aromatic carbocycles. The first-order valence-corrected chi connectivity index (χ1v) is 9.79. The summed E-state index contributed by atoms with van der Waals surface area (Å²) in [5.41, 5.74) is 2.33. The molecule has 0 aliphatic heterocycles. The van der Waals surface area contributed by atoms with Crippen molar-refractivity contribution in [3.63, 3.8) is 0 Å². The molecule has 0 radical (unpaired) electrons. The third-order valence-corrected chi connectivity index (χ3v) is 5.01. The molecule has 2 heterocycles. The van der Waals surface area contributed by atoms with Gasteiger partial charge in [0.2, 0.25) is 11.6 Å². The van der Waals surface area contributed by atoms with Crippen LogP contribution in [0.4, 0.5) is 0 Å². The van der Waals surface area contributed by atoms with E-state index >= 15 is 0 Å². The number of imidazole rings is 1. The van der Waals surface area contributed by atoms with E-state index in [1.165, 1.54) is 0 Å². The molecule has 154 valence electrons. The van der Waals surface area contributed by atoms with Gasteiger partial charge in [0.05, 0.1) is 27.4 Å². The lowest BCUT2D eigenvalue weighted by Gasteiger charge is -2.13. The van der Waals surface area contributed by atoms with Crippen molar-refractivity contribution < 1.29 is 14.1 Å². The molecule has 0 amide bonds. The van der Waals surface area contributed by atoms with Crippen LogP contribution in [0.25, 0.3) is 11.0 Å². The molecule has 4 rings (SSSR count). The molecule has 8 nitrogen and oxygen atoms in total. The average molecular weight is 447 g/mol. The lowest BCUT2D eigenvalue weighted by atomic mass is 10.1. The van der Waals surface area contributed by atoms with Gasteiger partial charge in [-0.15, -0.1) is 0 Å². The molecule has 0 saturated carbocycles. The summed E-state index contributed by atoms with van der Waals surface area (Å²) in [6, 6.07) is 8.91. The third kappa shape index (κ3) is 3.96. The summed E-state index contributed by atoms with van der Waals surface area (Å²) in [5, 5.41) is 3.87. The highest BCUT2D eigenvalue weighted by Crippen LogP contribution is 2.38. The van der Waals surface area contributed by atoms with Crippen LogP contribution in [0.1, 0.15) is 36.1 Å². The van der Waals surface area contributed by atoms with Crippen LogP contribution < -0.4 is 10.5 Å². The Morgan fingerprint density at radius 1 is 1.23 bits per heavy atom. The Morgan fingerprint density at radius 3 is 2.60 bits per heavy atom. The molecule has 1 N–H and O–H groups in total. The number of benzene rings is 2. The Kier molecular flexibility index (Phi) is 5.36. The highest BCUT2D eigenvalue weighted by atomic mass is 35.5. The summed E-state index contributed by atoms with van der Waals surface area (Å²) in [4.78, 5) is 29.8. The summed E-state index contributed by atoms with van der Waals surface area (Å²) >= 11 is 12.7. The highest BCUT2D eigenvalue weighted by Gasteiger charge is 2.17. The molecule has 0 spiro atoms. The monoisotopic (exact) mass is 446 g/mol. The molecule has 30 heavy (non-hydrogen) atoms. The molecule has 0 unspecified atom stereocenters. The van der Waals surface area contributed by atoms with Gasteiger partial charge in [-0.05, 0) is 43.7 Å². The number of Topliss-reactive ketones (excluding diaryl/α,β-unsaturated/α-hetero) is 1. The van der Waals surface area contributed by atoms with Crippen molar-refractivity contribution in [2.75, 3.05) is 0 Å². The maximum Gasteiger partial charge on any atom is 0.439 e. The van der Waals surface area contributed by atoms with Crippen LogP contribution in [0.5, 0.6) is 11.5 Å². The van der Waals surface area contributed by atoms with E-state index < -0.39 is 11.5 Å². The van der Waals surface area contributed by atoms with Crippen molar-refractivity contribution >= 4 is 40.0 Å². The normalized spacial score (nSPS) is 11.4. The van der Waals surface area contributed by atoms with E-state index in [0.29, 0.717) is 11.3 Å². The van der Waals surface area contributed by atoms with E-state index in [1.54, 1.807) is 24.5 Å². The molecule has 2 aromatic heterocycles. The fourth-order valence-electron chi connectivity index (χ4n) is 3.03. The Labute approximate surface area is 180 Å². The number of rotatable bonds is 6. The number of hydrogen-bond acceptors (Lipinski definition) is 6. The second kappa shape index (κ2) is 7.97. The topological polar surface area (TPSA) is 103 Å². The molecule has 0 bridgehead atoms. The number of H-pyrrole nitrogens is 1. The second-order valence-corrected chi connectivity index (χ2v) is 7.74. The predicted octanol–water partition coefficient (Wildman–Crippen LogP) is 4.82. The van der Waals surface area contributed by atoms with Gasteiger partial charge in [0.25, 0.3) is 0 Å². The van der Waals surface area contributed by atoms with Gasteiger partial charge in [-0.25, -0.2) is 9.78 Å². The van der Waals surface area contributed by atoms with Gasteiger partial charge in [-0.2, -0.15) is 0 Å². The van der Waals surface area contributed by atoms with Crippen LogP contribution in [-0.4, -0.2) is 25.5 Å². The summed E-state index contributed by atoms with van der Waals surface area (Å²) in [6.45, 7) is 4.13. The summed E-state index contributed by atoms with van der Waals surface area (Å²) in [7, 11) is 0. The first kappa shape index (κ1) is 20.2. The van der Waals surface area contributed by atoms with E-state index in [1.807, 2.05) is 16.7 Å². The third-order valence-electron chi connectivity index (χ3n) is 4.45. The first-order valence-electron chi connectivity index (χ1n) is 9.03. The first-order chi connectivity index (χ1) is 14.3. The number of aromatic nitrogens is 4. The maximum absolute atomic E-state index is 12.2. The van der Waals surface area contributed by atoms with Crippen molar-refractivity contribution in [2.24, 2.45) is 0 Å². The van der Waals surface area contributed by atoms with E-state index in [2.05, 4.69) is 33.5 Å². The van der Waals surface area contributed by atoms with E-state index in [-0.39, 0.29) is 34.1 Å². The minimum absolute atomic E-state index is 0.0677. The number of ketones is 1. The number of ether oxygens (including phenoxy) is 1. The number of carbonyl (C=O) groups excluding carboxylic acids is 1. The molecule has 0 fully saturated rings. The van der Waals surface area contributed by atoms with Gasteiger partial charge in [0, 0.05) is 18.5 Å². The van der Waals surface area contributed by atoms with E-state index in [4.69, 9.17) is 27.9 Å². The zero-order valence-electron chi connectivity index (χ0n) is 16.0. The van der Waals surface area contributed by atoms with Crippen LogP contribution in [0.15, 0.2) is 46.0 Å². The number of nitrogens with one attached hydrogen (secondary N) is 1. The number of fused-ring (bicyclic) bond motifs is 1. The number of hydrogen-bond donors (Lipinski definition) is 1. The number of aromatic amines is 1. The molecule has 0 saturated heterocycles. The molecule has 4 aromatic rings. The summed E-state index contributed by atoms with van der Waals surface area (Å²) in [5.74, 6) is -0.567. The fraction of sp³-hybridized carbons (Fsp3) is 0.200. The van der Waals surface area contributed by atoms with Crippen molar-refractivity contribution in [1.82, 2.24) is 19.7 Å². The Bertz CT molecular complexity index is 1280. The second-order valence-electron chi connectivity index (χ2n) is 6.93. The largest absolute Gasteiger partial charge is 0.454 e. The molecule has 0 aliphatic carbocycles. The standard InChI is InChI=1S/C20H16Cl2N4O4/c1-10(2)26-9-23-15-4-3-12(8-16(15)26)29-18-13(21)5-11(6-14(18)22)7-17(27)19-24-20(28)30-25-19/h3-6,8-10H,7H2,1-2H3,(H,24,25,28). The highest BCUT2D eigenvalue weighted by molar-refractivity contribution is 6.37. The van der Waals surface area contributed by atoms with Crippen LogP contribution in [0.3, 0.4) is 0 Å². The number of carbonyl (C=O) groups is 1. The smallest absolute Gasteiger partial charge is 0.439 e. The predicted molar refractivity (Wildman–Crippen MR) is 112 cm³/mol. The zero-order valence-corrected chi connectivity index (χ0v) is 17.5. The van der Waals surface area contributed by atoms with Gasteiger partial charge < -0.3 is 9.30 Å². The average Bonchev–Trinajstić information content (AvgIpc) is 3.30. The SMILES string of the molecule is CC(C)n1cnc2ccc(Oc3c(Cl)cc(CC(=O)c4noc(=O)[nH]4)cc3Cl)cc21. The molecular formula is C20H16Cl2N4O4. The molecule has 0 aliphatic rings. The van der Waals surface area contributed by atoms with Crippen LogP contribution >= 0.6 is 23.2 Å². The Morgan fingerprint density at radius 2 is 1.97 bits per heavy atom. The Balaban J connectivity index is 1.59. The molecule has 0 atom stereocenters. The van der Waals surface area contributed by atoms with Crippen LogP contribution in [0.2, 0.25) is 10.0 Å². The van der Waals surface area contributed by atoms with Gasteiger partial charge >= 0.3 is 5.76 Å². The maximum atomic E-state index is 12.2. The van der Waals surface area contributed by atoms with Crippen LogP contribution in [0, 0.1) is 0 Å². The quantitative estimate of drug-likeness (QED) is 0.425. The minimum Gasteiger partial charge on any atom is -0.454 e. The van der Waals surface area contributed by atoms with Crippen LogP contribution in [-0.2, 0) is 6.42 Å². The zero-order chi connectivity index (χ0) is 21.4. The lowest BCUT2D eigenvalue weighted by Crippen LogP contribution is -2.08. The summed E-state index contributed by atoms with van der Waals surface area (Å²) < 4.78 is 12.3. The molecular weight excluding hydrogens is 431 g/mol. The summed E-state index contributed by atoms with van der Waals surface area (Å²) in [6.07, 6.45) is 1.72. The minimum atomic E-state index is -0.797. The van der Waals surface area contributed by atoms with E-state index in [9.17, 15) is 9.59 Å². The van der Waals surface area contributed by atoms with Crippen molar-refractivity contribution in [3.05, 3.63) is 68.6 Å². The van der Waals surface area contributed by atoms with Gasteiger partial charge in [-0.3, -0.25) is 14.3 Å². The van der Waals surface area contributed by atoms with Gasteiger partial charge in [0.15, 0.2) is 5.75 Å². The van der Waals surface area contributed by atoms with Crippen molar-refractivity contribution in [3.8, 4) is 11.5 Å². The van der Waals surface area contributed by atoms with Crippen molar-refractivity contribution in [1.29, 1.82) is 0 Å². The van der Waals surface area contributed by atoms with Gasteiger partial charge in [0.1, 0.15) is 5.75 Å².